The Hall–Kier alpha value is -3.03. The Morgan fingerprint density at radius 3 is 2.71 bits per heavy atom. The van der Waals surface area contributed by atoms with Crippen molar-refractivity contribution in [2.45, 2.75) is 51.7 Å². The molecule has 1 fully saturated rings. The molecule has 0 bridgehead atoms. The molecule has 1 saturated carbocycles. The van der Waals surface area contributed by atoms with Gasteiger partial charge in [0.05, 0.1) is 23.8 Å². The van der Waals surface area contributed by atoms with Crippen molar-refractivity contribution in [2.24, 2.45) is 5.92 Å². The lowest BCUT2D eigenvalue weighted by atomic mass is 10.0. The third-order valence-electron chi connectivity index (χ3n) is 5.12. The zero-order valence-electron chi connectivity index (χ0n) is 16.1. The van der Waals surface area contributed by atoms with Crippen LogP contribution in [0.2, 0.25) is 0 Å². The number of fused-ring (bicyclic) bond motifs is 1. The lowest BCUT2D eigenvalue weighted by Crippen LogP contribution is -2.45. The van der Waals surface area contributed by atoms with Gasteiger partial charge in [0.1, 0.15) is 12.1 Å². The largest absolute Gasteiger partial charge is 0.350 e. The zero-order valence-corrected chi connectivity index (χ0v) is 16.1. The summed E-state index contributed by atoms with van der Waals surface area (Å²) in [5, 5.41) is 15.7. The van der Waals surface area contributed by atoms with E-state index in [4.69, 9.17) is 0 Å². The minimum absolute atomic E-state index is 0.0776. The number of hydrogen-bond acceptors (Lipinski definition) is 5. The smallest absolute Gasteiger partial charge is 0.266 e. The summed E-state index contributed by atoms with van der Waals surface area (Å²) in [6.45, 7) is 4.46. The maximum Gasteiger partial charge on any atom is 0.266 e. The number of amides is 1. The minimum Gasteiger partial charge on any atom is -0.350 e. The van der Waals surface area contributed by atoms with Gasteiger partial charge in [0, 0.05) is 12.0 Å². The van der Waals surface area contributed by atoms with Crippen molar-refractivity contribution in [2.75, 3.05) is 0 Å². The Labute approximate surface area is 162 Å². The quantitative estimate of drug-likeness (QED) is 0.673. The number of carbonyl (C=O) groups excluding carboxylic acids is 1. The second-order valence-corrected chi connectivity index (χ2v) is 7.71. The molecule has 1 amide bonds. The van der Waals surface area contributed by atoms with Gasteiger partial charge in [0.15, 0.2) is 0 Å². The molecule has 1 aromatic carbocycles. The predicted octanol–water partition coefficient (Wildman–Crippen LogP) is 1.71. The number of para-hydroxylation sites is 1. The van der Waals surface area contributed by atoms with Gasteiger partial charge in [-0.05, 0) is 37.0 Å². The van der Waals surface area contributed by atoms with Crippen LogP contribution in [0, 0.1) is 5.92 Å². The Balaban J connectivity index is 1.47. The molecule has 0 spiro atoms. The van der Waals surface area contributed by atoms with E-state index in [1.54, 1.807) is 10.7 Å². The molecule has 2 aromatic heterocycles. The second-order valence-electron chi connectivity index (χ2n) is 7.71. The molecule has 8 heteroatoms. The SMILES string of the molecule is CC(C)[C@H](Cn1nc(C2CC2)ccc1=O)NC(=O)Cn1nnc2ccccc21. The third-order valence-corrected chi connectivity index (χ3v) is 5.12. The molecule has 3 aromatic rings. The molecule has 1 aliphatic carbocycles. The van der Waals surface area contributed by atoms with Gasteiger partial charge in [-0.2, -0.15) is 5.10 Å². The summed E-state index contributed by atoms with van der Waals surface area (Å²) in [7, 11) is 0. The van der Waals surface area contributed by atoms with Crippen molar-refractivity contribution in [1.82, 2.24) is 30.1 Å². The molecule has 0 radical (unpaired) electrons. The minimum atomic E-state index is -0.207. The summed E-state index contributed by atoms with van der Waals surface area (Å²) in [6, 6.07) is 10.7. The van der Waals surface area contributed by atoms with E-state index in [0.717, 1.165) is 29.6 Å². The fraction of sp³-hybridized carbons (Fsp3) is 0.450. The van der Waals surface area contributed by atoms with Crippen LogP contribution in [-0.4, -0.2) is 36.7 Å². The number of nitrogens with zero attached hydrogens (tertiary/aromatic N) is 5. The fourth-order valence-corrected chi connectivity index (χ4v) is 3.22. The van der Waals surface area contributed by atoms with E-state index in [1.165, 1.54) is 4.68 Å². The summed E-state index contributed by atoms with van der Waals surface area (Å²) in [5.74, 6) is 0.454. The monoisotopic (exact) mass is 380 g/mol. The van der Waals surface area contributed by atoms with Gasteiger partial charge in [-0.3, -0.25) is 9.59 Å². The molecule has 0 saturated heterocycles. The topological polar surface area (TPSA) is 94.7 Å². The van der Waals surface area contributed by atoms with Crippen LogP contribution < -0.4 is 10.9 Å². The molecular formula is C20H24N6O2. The maximum absolute atomic E-state index is 12.6. The highest BCUT2D eigenvalue weighted by Crippen LogP contribution is 2.38. The van der Waals surface area contributed by atoms with Crippen LogP contribution in [0.3, 0.4) is 0 Å². The van der Waals surface area contributed by atoms with Crippen LogP contribution in [-0.2, 0) is 17.9 Å². The molecule has 0 unspecified atom stereocenters. The van der Waals surface area contributed by atoms with Crippen molar-refractivity contribution in [3.8, 4) is 0 Å². The summed E-state index contributed by atoms with van der Waals surface area (Å²) >= 11 is 0. The van der Waals surface area contributed by atoms with Gasteiger partial charge in [-0.1, -0.05) is 31.2 Å². The fourth-order valence-electron chi connectivity index (χ4n) is 3.22. The molecule has 8 nitrogen and oxygen atoms in total. The van der Waals surface area contributed by atoms with Crippen LogP contribution in [0.25, 0.3) is 11.0 Å². The zero-order chi connectivity index (χ0) is 19.7. The van der Waals surface area contributed by atoms with Crippen LogP contribution in [0.4, 0.5) is 0 Å². The van der Waals surface area contributed by atoms with Gasteiger partial charge in [-0.15, -0.1) is 5.10 Å². The summed E-state index contributed by atoms with van der Waals surface area (Å²) in [4.78, 5) is 24.8. The van der Waals surface area contributed by atoms with E-state index in [-0.39, 0.29) is 30.0 Å². The average Bonchev–Trinajstić information content (AvgIpc) is 3.45. The van der Waals surface area contributed by atoms with Gasteiger partial charge in [0.25, 0.3) is 5.56 Å². The predicted molar refractivity (Wildman–Crippen MR) is 105 cm³/mol. The molecule has 1 atom stereocenters. The number of hydrogen-bond donors (Lipinski definition) is 1. The molecule has 1 aliphatic rings. The first-order valence-corrected chi connectivity index (χ1v) is 9.67. The standard InChI is InChI=1S/C20H24N6O2/c1-13(2)17(11-26-20(28)10-9-15(23-26)14-7-8-14)21-19(27)12-25-18-6-4-3-5-16(18)22-24-25/h3-6,9-10,13-14,17H,7-8,11-12H2,1-2H3,(H,21,27)/t17-/m0/s1. The van der Waals surface area contributed by atoms with E-state index >= 15 is 0 Å². The number of rotatable bonds is 7. The van der Waals surface area contributed by atoms with E-state index in [1.807, 2.05) is 44.2 Å². The summed E-state index contributed by atoms with van der Waals surface area (Å²) < 4.78 is 3.06. The van der Waals surface area contributed by atoms with Crippen LogP contribution >= 0.6 is 0 Å². The molecular weight excluding hydrogens is 356 g/mol. The lowest BCUT2D eigenvalue weighted by molar-refractivity contribution is -0.123. The van der Waals surface area contributed by atoms with Crippen molar-refractivity contribution < 1.29 is 4.79 Å². The van der Waals surface area contributed by atoms with Crippen LogP contribution in [0.5, 0.6) is 0 Å². The first-order valence-electron chi connectivity index (χ1n) is 9.67. The third kappa shape index (κ3) is 3.95. The van der Waals surface area contributed by atoms with Crippen molar-refractivity contribution in [3.63, 3.8) is 0 Å². The van der Waals surface area contributed by atoms with Crippen molar-refractivity contribution >= 4 is 16.9 Å². The number of nitrogens with one attached hydrogen (secondary N) is 1. The van der Waals surface area contributed by atoms with Crippen LogP contribution in [0.15, 0.2) is 41.2 Å². The molecule has 146 valence electrons. The molecule has 0 aliphatic heterocycles. The van der Waals surface area contributed by atoms with Gasteiger partial charge in [-0.25, -0.2) is 9.36 Å². The molecule has 4 rings (SSSR count). The second kappa shape index (κ2) is 7.53. The highest BCUT2D eigenvalue weighted by molar-refractivity contribution is 5.79. The first-order chi connectivity index (χ1) is 13.5. The Morgan fingerprint density at radius 1 is 1.18 bits per heavy atom. The van der Waals surface area contributed by atoms with E-state index in [9.17, 15) is 9.59 Å². The van der Waals surface area contributed by atoms with E-state index < -0.39 is 0 Å². The first kappa shape index (κ1) is 18.3. The normalized spacial score (nSPS) is 15.1. The van der Waals surface area contributed by atoms with Gasteiger partial charge in [0.2, 0.25) is 5.91 Å². The highest BCUT2D eigenvalue weighted by atomic mass is 16.2. The summed E-state index contributed by atoms with van der Waals surface area (Å²) in [5.41, 5.74) is 2.38. The Bertz CT molecular complexity index is 1050. The van der Waals surface area contributed by atoms with Gasteiger partial charge >= 0.3 is 0 Å². The lowest BCUT2D eigenvalue weighted by Gasteiger charge is -2.23. The van der Waals surface area contributed by atoms with Crippen molar-refractivity contribution in [1.29, 1.82) is 0 Å². The van der Waals surface area contributed by atoms with E-state index in [2.05, 4.69) is 20.7 Å². The van der Waals surface area contributed by atoms with Crippen LogP contribution in [0.1, 0.15) is 38.3 Å². The van der Waals surface area contributed by atoms with Crippen molar-refractivity contribution in [3.05, 3.63) is 52.4 Å². The summed E-state index contributed by atoms with van der Waals surface area (Å²) in [6.07, 6.45) is 2.25. The van der Waals surface area contributed by atoms with E-state index in [0.29, 0.717) is 12.5 Å². The Morgan fingerprint density at radius 2 is 1.96 bits per heavy atom. The number of benzene rings is 1. The molecule has 28 heavy (non-hydrogen) atoms. The number of aromatic nitrogens is 5. The highest BCUT2D eigenvalue weighted by Gasteiger charge is 2.26. The number of carbonyl (C=O) groups is 1. The molecule has 1 N–H and O–H groups in total. The molecule has 2 heterocycles. The average molecular weight is 380 g/mol. The maximum atomic E-state index is 12.6. The van der Waals surface area contributed by atoms with Gasteiger partial charge < -0.3 is 5.32 Å². The Kier molecular flexibility index (Phi) is 4.93.